The summed E-state index contributed by atoms with van der Waals surface area (Å²) in [6, 6.07) is 1.08. The van der Waals surface area contributed by atoms with Crippen molar-refractivity contribution in [1.82, 2.24) is 9.88 Å². The van der Waals surface area contributed by atoms with E-state index in [2.05, 4.69) is 16.2 Å². The van der Waals surface area contributed by atoms with Gasteiger partial charge in [0.05, 0.1) is 10.7 Å². The lowest BCUT2D eigenvalue weighted by Crippen LogP contribution is -2.38. The lowest BCUT2D eigenvalue weighted by molar-refractivity contribution is 0.102. The number of likely N-dealkylation sites (tertiary alicyclic amines) is 1. The van der Waals surface area contributed by atoms with Crippen LogP contribution < -0.4 is 5.32 Å². The summed E-state index contributed by atoms with van der Waals surface area (Å²) in [4.78, 5) is 29.9. The maximum absolute atomic E-state index is 13.7. The summed E-state index contributed by atoms with van der Waals surface area (Å²) >= 11 is 1.25. The van der Waals surface area contributed by atoms with Crippen LogP contribution in [0.5, 0.6) is 0 Å². The van der Waals surface area contributed by atoms with Crippen LogP contribution in [-0.4, -0.2) is 41.6 Å². The maximum atomic E-state index is 13.7. The Balaban J connectivity index is 1.61. The van der Waals surface area contributed by atoms with Gasteiger partial charge in [0.25, 0.3) is 5.91 Å². The molecule has 0 bridgehead atoms. The van der Waals surface area contributed by atoms with Gasteiger partial charge in [-0.25, -0.2) is 22.9 Å². The highest BCUT2D eigenvalue weighted by molar-refractivity contribution is 7.10. The van der Waals surface area contributed by atoms with E-state index in [9.17, 15) is 22.8 Å². The Labute approximate surface area is 168 Å². The lowest BCUT2D eigenvalue weighted by Gasteiger charge is -2.30. The summed E-state index contributed by atoms with van der Waals surface area (Å²) < 4.78 is 45.1. The van der Waals surface area contributed by atoms with Crippen molar-refractivity contribution in [2.75, 3.05) is 25.0 Å². The molecule has 1 aliphatic heterocycles. The third-order valence-corrected chi connectivity index (χ3v) is 5.38. The number of hydrogen-bond donors (Lipinski definition) is 1. The highest BCUT2D eigenvalue weighted by atomic mass is 32.1. The molecule has 1 aromatic heterocycles. The standard InChI is InChI=1S/C19H16F3N3O3S/c1-2-7-28-19(27)25-5-3-11(4-6-25)18-24-15(10-29-18)17(26)23-14-9-12(20)8-13(21)16(14)22/h1,8-11H,3-7H2,(H,23,26). The van der Waals surface area contributed by atoms with Crippen molar-refractivity contribution >= 4 is 29.0 Å². The number of piperidine rings is 1. The van der Waals surface area contributed by atoms with Crippen LogP contribution in [0.25, 0.3) is 0 Å². The van der Waals surface area contributed by atoms with Crippen LogP contribution in [0.3, 0.4) is 0 Å². The number of nitrogens with zero attached hydrogens (tertiary/aromatic N) is 2. The van der Waals surface area contributed by atoms with E-state index in [4.69, 9.17) is 11.2 Å². The molecule has 10 heteroatoms. The summed E-state index contributed by atoms with van der Waals surface area (Å²) in [5.74, 6) is -2.25. The minimum atomic E-state index is -1.40. The highest BCUT2D eigenvalue weighted by Crippen LogP contribution is 2.31. The van der Waals surface area contributed by atoms with Gasteiger partial charge in [-0.15, -0.1) is 17.8 Å². The second-order valence-electron chi connectivity index (χ2n) is 6.29. The second kappa shape index (κ2) is 8.96. The third-order valence-electron chi connectivity index (χ3n) is 4.38. The Morgan fingerprint density at radius 1 is 1.31 bits per heavy atom. The molecule has 1 aliphatic rings. The molecule has 0 saturated carbocycles. The predicted octanol–water partition coefficient (Wildman–Crippen LogP) is 3.76. The quantitative estimate of drug-likeness (QED) is 0.601. The smallest absolute Gasteiger partial charge is 0.410 e. The van der Waals surface area contributed by atoms with Gasteiger partial charge in [0.15, 0.2) is 18.2 Å². The SMILES string of the molecule is C#CCOC(=O)N1CCC(c2nc(C(=O)Nc3cc(F)cc(F)c3F)cs2)CC1. The molecule has 6 nitrogen and oxygen atoms in total. The van der Waals surface area contributed by atoms with Gasteiger partial charge in [0.1, 0.15) is 11.5 Å². The van der Waals surface area contributed by atoms with E-state index >= 15 is 0 Å². The van der Waals surface area contributed by atoms with Crippen LogP contribution in [0, 0.1) is 29.8 Å². The number of aromatic nitrogens is 1. The number of terminal acetylenes is 1. The van der Waals surface area contributed by atoms with Gasteiger partial charge in [-0.3, -0.25) is 4.79 Å². The Hall–Kier alpha value is -3.06. The molecular formula is C19H16F3N3O3S. The molecule has 2 amide bonds. The molecule has 152 valence electrons. The van der Waals surface area contributed by atoms with Crippen molar-refractivity contribution in [3.05, 3.63) is 45.7 Å². The number of rotatable bonds is 4. The first-order valence-electron chi connectivity index (χ1n) is 8.65. The number of anilines is 1. The van der Waals surface area contributed by atoms with Crippen LogP contribution in [0.15, 0.2) is 17.5 Å². The maximum Gasteiger partial charge on any atom is 0.410 e. The average molecular weight is 423 g/mol. The zero-order valence-corrected chi connectivity index (χ0v) is 15.9. The van der Waals surface area contributed by atoms with Gasteiger partial charge in [-0.2, -0.15) is 0 Å². The first-order valence-corrected chi connectivity index (χ1v) is 9.53. The molecule has 1 fully saturated rings. The van der Waals surface area contributed by atoms with Crippen LogP contribution >= 0.6 is 11.3 Å². The predicted molar refractivity (Wildman–Crippen MR) is 100 cm³/mol. The van der Waals surface area contributed by atoms with E-state index in [1.807, 2.05) is 0 Å². The lowest BCUT2D eigenvalue weighted by atomic mass is 9.98. The Morgan fingerprint density at radius 3 is 2.72 bits per heavy atom. The van der Waals surface area contributed by atoms with Crippen molar-refractivity contribution in [2.24, 2.45) is 0 Å². The van der Waals surface area contributed by atoms with E-state index in [-0.39, 0.29) is 18.2 Å². The molecule has 0 spiro atoms. The fraction of sp³-hybridized carbons (Fsp3) is 0.316. The van der Waals surface area contributed by atoms with Crippen LogP contribution in [-0.2, 0) is 4.74 Å². The fourth-order valence-electron chi connectivity index (χ4n) is 2.92. The summed E-state index contributed by atoms with van der Waals surface area (Å²) in [5, 5.41) is 4.31. The van der Waals surface area contributed by atoms with E-state index in [1.165, 1.54) is 16.7 Å². The molecule has 3 rings (SSSR count). The average Bonchev–Trinajstić information content (AvgIpc) is 3.20. The number of benzene rings is 1. The number of hydrogen-bond acceptors (Lipinski definition) is 5. The van der Waals surface area contributed by atoms with E-state index in [0.717, 1.165) is 0 Å². The number of ether oxygens (including phenoxy) is 1. The number of carbonyl (C=O) groups is 2. The van der Waals surface area contributed by atoms with Gasteiger partial charge >= 0.3 is 6.09 Å². The number of amides is 2. The van der Waals surface area contributed by atoms with Crippen molar-refractivity contribution < 1.29 is 27.5 Å². The molecule has 29 heavy (non-hydrogen) atoms. The van der Waals surface area contributed by atoms with Crippen LogP contribution in [0.1, 0.15) is 34.3 Å². The summed E-state index contributed by atoms with van der Waals surface area (Å²) in [7, 11) is 0. The minimum Gasteiger partial charge on any atom is -0.436 e. The molecule has 1 aromatic carbocycles. The van der Waals surface area contributed by atoms with Crippen molar-refractivity contribution in [3.63, 3.8) is 0 Å². The van der Waals surface area contributed by atoms with Gasteiger partial charge < -0.3 is 15.0 Å². The zero-order valence-electron chi connectivity index (χ0n) is 15.1. The third kappa shape index (κ3) is 4.86. The molecule has 2 heterocycles. The molecule has 1 saturated heterocycles. The fourth-order valence-corrected chi connectivity index (χ4v) is 3.89. The molecule has 0 unspecified atom stereocenters. The minimum absolute atomic E-state index is 0.0185. The Morgan fingerprint density at radius 2 is 2.03 bits per heavy atom. The molecule has 0 atom stereocenters. The largest absolute Gasteiger partial charge is 0.436 e. The van der Waals surface area contributed by atoms with Gasteiger partial charge in [-0.05, 0) is 12.8 Å². The topological polar surface area (TPSA) is 71.5 Å². The zero-order chi connectivity index (χ0) is 21.0. The molecule has 0 aliphatic carbocycles. The van der Waals surface area contributed by atoms with Gasteiger partial charge in [0.2, 0.25) is 0 Å². The summed E-state index contributed by atoms with van der Waals surface area (Å²) in [6.07, 6.45) is 5.85. The van der Waals surface area contributed by atoms with Gasteiger partial charge in [-0.1, -0.05) is 5.92 Å². The first-order chi connectivity index (χ1) is 13.9. The van der Waals surface area contributed by atoms with E-state index < -0.39 is 35.1 Å². The summed E-state index contributed by atoms with van der Waals surface area (Å²) in [5.41, 5.74) is -0.578. The highest BCUT2D eigenvalue weighted by Gasteiger charge is 2.27. The molecule has 0 radical (unpaired) electrons. The molecule has 1 N–H and O–H groups in total. The number of carbonyl (C=O) groups excluding carboxylic acids is 2. The number of nitrogens with one attached hydrogen (secondary N) is 1. The van der Waals surface area contributed by atoms with Crippen molar-refractivity contribution in [1.29, 1.82) is 0 Å². The van der Waals surface area contributed by atoms with Gasteiger partial charge in [0, 0.05) is 36.5 Å². The summed E-state index contributed by atoms with van der Waals surface area (Å²) in [6.45, 7) is 0.839. The number of halogens is 3. The van der Waals surface area contributed by atoms with Crippen molar-refractivity contribution in [2.45, 2.75) is 18.8 Å². The van der Waals surface area contributed by atoms with Crippen LogP contribution in [0.2, 0.25) is 0 Å². The normalized spacial score (nSPS) is 14.3. The second-order valence-corrected chi connectivity index (χ2v) is 7.18. The van der Waals surface area contributed by atoms with Crippen LogP contribution in [0.4, 0.5) is 23.7 Å². The van der Waals surface area contributed by atoms with E-state index in [1.54, 1.807) is 4.90 Å². The van der Waals surface area contributed by atoms with E-state index in [0.29, 0.717) is 43.1 Å². The molecule has 2 aromatic rings. The number of thiazole rings is 1. The first kappa shape index (κ1) is 20.7. The van der Waals surface area contributed by atoms with Crippen molar-refractivity contribution in [3.8, 4) is 12.3 Å². The monoisotopic (exact) mass is 423 g/mol. The Kier molecular flexibility index (Phi) is 6.39. The molecular weight excluding hydrogens is 407 g/mol. The Bertz CT molecular complexity index is 965.